The molecule has 2 aromatic rings. The minimum atomic E-state index is 0. The Morgan fingerprint density at radius 2 is 2.00 bits per heavy atom. The molecule has 2 rings (SSSR count). The zero-order valence-electron chi connectivity index (χ0n) is 5.24. The first-order valence-corrected chi connectivity index (χ1v) is 3.02. The van der Waals surface area contributed by atoms with Crippen LogP contribution in [0.1, 0.15) is 7.43 Å². The van der Waals surface area contributed by atoms with Gasteiger partial charge in [0, 0.05) is 5.39 Å². The zero-order chi connectivity index (χ0) is 6.97. The van der Waals surface area contributed by atoms with Crippen molar-refractivity contribution in [2.75, 3.05) is 0 Å². The van der Waals surface area contributed by atoms with E-state index in [2.05, 4.69) is 0 Å². The van der Waals surface area contributed by atoms with Crippen molar-refractivity contribution in [2.24, 2.45) is 0 Å². The smallest absolute Gasteiger partial charge is 0.134 e. The first-order chi connectivity index (χ1) is 4.86. The van der Waals surface area contributed by atoms with E-state index in [1.165, 1.54) is 0 Å². The lowest BCUT2D eigenvalue weighted by atomic mass is 10.2. The number of benzene rings is 1. The van der Waals surface area contributed by atoms with Crippen LogP contribution in [0.15, 0.2) is 34.9 Å². The number of aromatic hydroxyl groups is 1. The Hall–Kier alpha value is -1.44. The van der Waals surface area contributed by atoms with Crippen LogP contribution in [0, 0.1) is 0 Å². The summed E-state index contributed by atoms with van der Waals surface area (Å²) < 4.78 is 5.06. The molecule has 0 unspecified atom stereocenters. The van der Waals surface area contributed by atoms with Crippen molar-refractivity contribution in [1.82, 2.24) is 0 Å². The van der Waals surface area contributed by atoms with E-state index in [4.69, 9.17) is 9.52 Å². The maximum Gasteiger partial charge on any atom is 0.134 e. The first-order valence-electron chi connectivity index (χ1n) is 3.02. The molecule has 0 saturated carbocycles. The summed E-state index contributed by atoms with van der Waals surface area (Å²) in [5.74, 6) is 0.272. The number of fused-ring (bicyclic) bond motifs is 1. The summed E-state index contributed by atoms with van der Waals surface area (Å²) in [4.78, 5) is 0. The highest BCUT2D eigenvalue weighted by atomic mass is 16.3. The molecule has 11 heavy (non-hydrogen) atoms. The van der Waals surface area contributed by atoms with Gasteiger partial charge < -0.3 is 9.52 Å². The van der Waals surface area contributed by atoms with Gasteiger partial charge >= 0.3 is 0 Å². The average molecular weight is 150 g/mol. The molecule has 0 spiro atoms. The summed E-state index contributed by atoms with van der Waals surface area (Å²) in [7, 11) is 0. The Morgan fingerprint density at radius 1 is 1.18 bits per heavy atom. The molecule has 2 heteroatoms. The summed E-state index contributed by atoms with van der Waals surface area (Å²) in [6.07, 6.45) is 1.60. The lowest BCUT2D eigenvalue weighted by molar-refractivity contribution is 0.476. The van der Waals surface area contributed by atoms with Crippen LogP contribution in [0.3, 0.4) is 0 Å². The van der Waals surface area contributed by atoms with Crippen LogP contribution in [0.4, 0.5) is 0 Å². The van der Waals surface area contributed by atoms with Crippen LogP contribution in [0.25, 0.3) is 11.0 Å². The van der Waals surface area contributed by atoms with E-state index in [1.807, 2.05) is 6.07 Å². The number of rotatable bonds is 0. The van der Waals surface area contributed by atoms with Gasteiger partial charge in [0.05, 0.1) is 6.26 Å². The van der Waals surface area contributed by atoms with Gasteiger partial charge in [0.2, 0.25) is 0 Å². The minimum Gasteiger partial charge on any atom is -0.508 e. The number of phenolic OH excluding ortho intramolecular Hbond substituents is 1. The van der Waals surface area contributed by atoms with Gasteiger partial charge in [0.1, 0.15) is 11.3 Å². The standard InChI is InChI=1S/C8H6O2.CH4/c9-7-1-2-8-6(5-7)3-4-10-8;/h1-5,9H;1H4. The van der Waals surface area contributed by atoms with Crippen molar-refractivity contribution < 1.29 is 9.52 Å². The van der Waals surface area contributed by atoms with Crippen molar-refractivity contribution in [3.8, 4) is 5.75 Å². The van der Waals surface area contributed by atoms with Crippen LogP contribution >= 0.6 is 0 Å². The predicted molar refractivity (Wildman–Crippen MR) is 44.6 cm³/mol. The third-order valence-corrected chi connectivity index (χ3v) is 1.44. The Bertz CT molecular complexity index is 349. The normalized spacial score (nSPS) is 9.45. The largest absolute Gasteiger partial charge is 0.508 e. The molecular formula is C9H10O2. The molecule has 0 radical (unpaired) electrons. The molecule has 0 amide bonds. The fourth-order valence-electron chi connectivity index (χ4n) is 0.954. The summed E-state index contributed by atoms with van der Waals surface area (Å²) in [6, 6.07) is 6.82. The number of furan rings is 1. The molecule has 1 N–H and O–H groups in total. The summed E-state index contributed by atoms with van der Waals surface area (Å²) in [6.45, 7) is 0. The van der Waals surface area contributed by atoms with Gasteiger partial charge in [0.15, 0.2) is 0 Å². The molecule has 0 aliphatic rings. The Morgan fingerprint density at radius 3 is 2.82 bits per heavy atom. The third-order valence-electron chi connectivity index (χ3n) is 1.44. The highest BCUT2D eigenvalue weighted by Gasteiger charge is 1.94. The van der Waals surface area contributed by atoms with E-state index in [9.17, 15) is 0 Å². The number of hydrogen-bond acceptors (Lipinski definition) is 2. The van der Waals surface area contributed by atoms with E-state index in [-0.39, 0.29) is 13.2 Å². The fourth-order valence-corrected chi connectivity index (χ4v) is 0.954. The molecule has 0 fully saturated rings. The van der Waals surface area contributed by atoms with Gasteiger partial charge in [-0.1, -0.05) is 7.43 Å². The van der Waals surface area contributed by atoms with Crippen molar-refractivity contribution in [1.29, 1.82) is 0 Å². The highest BCUT2D eigenvalue weighted by molar-refractivity contribution is 5.78. The fraction of sp³-hybridized carbons (Fsp3) is 0.111. The molecule has 0 saturated heterocycles. The van der Waals surface area contributed by atoms with Gasteiger partial charge in [0.25, 0.3) is 0 Å². The van der Waals surface area contributed by atoms with Gasteiger partial charge in [-0.2, -0.15) is 0 Å². The van der Waals surface area contributed by atoms with E-state index < -0.39 is 0 Å². The molecule has 0 bridgehead atoms. The van der Waals surface area contributed by atoms with Crippen molar-refractivity contribution in [2.45, 2.75) is 7.43 Å². The lowest BCUT2D eigenvalue weighted by Gasteiger charge is -1.88. The predicted octanol–water partition coefficient (Wildman–Crippen LogP) is 2.77. The Labute approximate surface area is 65.1 Å². The van der Waals surface area contributed by atoms with Crippen LogP contribution < -0.4 is 0 Å². The summed E-state index contributed by atoms with van der Waals surface area (Å²) in [5, 5.41) is 9.94. The summed E-state index contributed by atoms with van der Waals surface area (Å²) in [5.41, 5.74) is 0.804. The number of hydrogen-bond donors (Lipinski definition) is 1. The van der Waals surface area contributed by atoms with Gasteiger partial charge in [-0.15, -0.1) is 0 Å². The highest BCUT2D eigenvalue weighted by Crippen LogP contribution is 2.19. The van der Waals surface area contributed by atoms with Gasteiger partial charge in [-0.3, -0.25) is 0 Å². The molecule has 2 nitrogen and oxygen atoms in total. The molecule has 0 aliphatic heterocycles. The second kappa shape index (κ2) is 2.66. The topological polar surface area (TPSA) is 33.4 Å². The quantitative estimate of drug-likeness (QED) is 0.626. The molecular weight excluding hydrogens is 140 g/mol. The average Bonchev–Trinajstić information content (AvgIpc) is 2.33. The third kappa shape index (κ3) is 1.19. The van der Waals surface area contributed by atoms with Crippen LogP contribution in [0.2, 0.25) is 0 Å². The molecule has 58 valence electrons. The molecule has 0 atom stereocenters. The van der Waals surface area contributed by atoms with Crippen LogP contribution in [0.5, 0.6) is 5.75 Å². The minimum absolute atomic E-state index is 0. The second-order valence-corrected chi connectivity index (χ2v) is 2.14. The van der Waals surface area contributed by atoms with E-state index in [0.29, 0.717) is 0 Å². The summed E-state index contributed by atoms with van der Waals surface area (Å²) >= 11 is 0. The second-order valence-electron chi connectivity index (χ2n) is 2.14. The van der Waals surface area contributed by atoms with Crippen molar-refractivity contribution >= 4 is 11.0 Å². The van der Waals surface area contributed by atoms with Crippen molar-refractivity contribution in [3.63, 3.8) is 0 Å². The van der Waals surface area contributed by atoms with Gasteiger partial charge in [-0.05, 0) is 24.3 Å². The number of phenols is 1. The van der Waals surface area contributed by atoms with E-state index in [0.717, 1.165) is 11.0 Å². The van der Waals surface area contributed by atoms with Crippen molar-refractivity contribution in [3.05, 3.63) is 30.5 Å². The molecule has 1 heterocycles. The van der Waals surface area contributed by atoms with E-state index >= 15 is 0 Å². The maximum absolute atomic E-state index is 9.01. The Balaban J connectivity index is 0.000000605. The van der Waals surface area contributed by atoms with Gasteiger partial charge in [-0.25, -0.2) is 0 Å². The molecule has 1 aromatic heterocycles. The SMILES string of the molecule is C.Oc1ccc2occc2c1. The maximum atomic E-state index is 9.01. The van der Waals surface area contributed by atoms with E-state index in [1.54, 1.807) is 24.5 Å². The lowest BCUT2D eigenvalue weighted by Crippen LogP contribution is -1.62. The molecule has 0 aliphatic carbocycles. The molecule has 1 aromatic carbocycles. The zero-order valence-corrected chi connectivity index (χ0v) is 5.24. The monoisotopic (exact) mass is 150 g/mol. The first kappa shape index (κ1) is 7.66. The van der Waals surface area contributed by atoms with Crippen LogP contribution in [-0.4, -0.2) is 5.11 Å². The van der Waals surface area contributed by atoms with Crippen LogP contribution in [-0.2, 0) is 0 Å². The Kier molecular flexibility index (Phi) is 1.85.